The molecule has 0 aliphatic rings. The van der Waals surface area contributed by atoms with Gasteiger partial charge in [-0.1, -0.05) is 17.7 Å². The van der Waals surface area contributed by atoms with E-state index in [9.17, 15) is 4.79 Å². The summed E-state index contributed by atoms with van der Waals surface area (Å²) in [5.41, 5.74) is 1.21. The van der Waals surface area contributed by atoms with Crippen LogP contribution in [-0.4, -0.2) is 26.2 Å². The lowest BCUT2D eigenvalue weighted by atomic mass is 10.2. The first-order valence-electron chi connectivity index (χ1n) is 6.48. The molecule has 1 N–H and O–H groups in total. The molecular weight excluding hydrogens is 290 g/mol. The zero-order valence-electron chi connectivity index (χ0n) is 11.6. The molecule has 2 rings (SSSR count). The summed E-state index contributed by atoms with van der Waals surface area (Å²) in [6.45, 7) is 1.03. The molecule has 21 heavy (non-hydrogen) atoms. The standard InChI is InChI=1S/C16H16ClNO3/c1-20-9-10-21-15-7-5-14(6-8-15)18-16(19)12-3-2-4-13(17)11-12/h2-8,11H,9-10H2,1H3,(H,18,19). The Morgan fingerprint density at radius 2 is 1.90 bits per heavy atom. The molecule has 0 aliphatic heterocycles. The van der Waals surface area contributed by atoms with E-state index >= 15 is 0 Å². The Morgan fingerprint density at radius 3 is 2.57 bits per heavy atom. The van der Waals surface area contributed by atoms with E-state index in [4.69, 9.17) is 21.1 Å². The van der Waals surface area contributed by atoms with Gasteiger partial charge in [-0.2, -0.15) is 0 Å². The number of amides is 1. The molecule has 5 heteroatoms. The van der Waals surface area contributed by atoms with E-state index in [0.717, 1.165) is 5.75 Å². The molecule has 2 aromatic carbocycles. The molecule has 0 aromatic heterocycles. The van der Waals surface area contributed by atoms with Gasteiger partial charge in [0.2, 0.25) is 0 Å². The van der Waals surface area contributed by atoms with Crippen molar-refractivity contribution >= 4 is 23.2 Å². The zero-order valence-corrected chi connectivity index (χ0v) is 12.4. The third-order valence-corrected chi connectivity index (χ3v) is 2.99. The predicted molar refractivity (Wildman–Crippen MR) is 83.2 cm³/mol. The highest BCUT2D eigenvalue weighted by Crippen LogP contribution is 2.17. The number of carbonyl (C=O) groups excluding carboxylic acids is 1. The lowest BCUT2D eigenvalue weighted by Gasteiger charge is -2.08. The van der Waals surface area contributed by atoms with Gasteiger partial charge in [-0.05, 0) is 42.5 Å². The molecule has 0 saturated carbocycles. The van der Waals surface area contributed by atoms with Crippen molar-refractivity contribution in [3.05, 3.63) is 59.1 Å². The SMILES string of the molecule is COCCOc1ccc(NC(=O)c2cccc(Cl)c2)cc1. The molecule has 0 aliphatic carbocycles. The number of rotatable bonds is 6. The maximum Gasteiger partial charge on any atom is 0.255 e. The zero-order chi connectivity index (χ0) is 15.1. The van der Waals surface area contributed by atoms with Crippen molar-refractivity contribution in [2.24, 2.45) is 0 Å². The third kappa shape index (κ3) is 4.77. The second-order valence-corrected chi connectivity index (χ2v) is 4.77. The lowest BCUT2D eigenvalue weighted by Crippen LogP contribution is -2.11. The van der Waals surface area contributed by atoms with Crippen molar-refractivity contribution in [3.8, 4) is 5.75 Å². The molecule has 1 amide bonds. The van der Waals surface area contributed by atoms with Gasteiger partial charge in [0.15, 0.2) is 0 Å². The van der Waals surface area contributed by atoms with Crippen LogP contribution in [0, 0.1) is 0 Å². The van der Waals surface area contributed by atoms with Crippen molar-refractivity contribution in [3.63, 3.8) is 0 Å². The largest absolute Gasteiger partial charge is 0.491 e. The topological polar surface area (TPSA) is 47.6 Å². The number of halogens is 1. The minimum atomic E-state index is -0.203. The Morgan fingerprint density at radius 1 is 1.14 bits per heavy atom. The second kappa shape index (κ2) is 7.67. The van der Waals surface area contributed by atoms with Crippen LogP contribution in [0.5, 0.6) is 5.75 Å². The summed E-state index contributed by atoms with van der Waals surface area (Å²) < 4.78 is 10.4. The quantitative estimate of drug-likeness (QED) is 0.829. The monoisotopic (exact) mass is 305 g/mol. The molecule has 0 unspecified atom stereocenters. The summed E-state index contributed by atoms with van der Waals surface area (Å²) >= 11 is 5.87. The number of ether oxygens (including phenoxy) is 2. The Balaban J connectivity index is 1.95. The molecule has 0 fully saturated rings. The summed E-state index contributed by atoms with van der Waals surface area (Å²) in [4.78, 5) is 12.0. The van der Waals surface area contributed by atoms with E-state index in [2.05, 4.69) is 5.32 Å². The van der Waals surface area contributed by atoms with Gasteiger partial charge < -0.3 is 14.8 Å². The Hall–Kier alpha value is -2.04. The van der Waals surface area contributed by atoms with Gasteiger partial charge in [0.05, 0.1) is 6.61 Å². The summed E-state index contributed by atoms with van der Waals surface area (Å²) in [5.74, 6) is 0.526. The van der Waals surface area contributed by atoms with E-state index in [1.807, 2.05) is 0 Å². The van der Waals surface area contributed by atoms with Gasteiger partial charge in [-0.15, -0.1) is 0 Å². The van der Waals surface area contributed by atoms with Gasteiger partial charge in [-0.25, -0.2) is 0 Å². The van der Waals surface area contributed by atoms with E-state index in [-0.39, 0.29) is 5.91 Å². The maximum atomic E-state index is 12.0. The van der Waals surface area contributed by atoms with Crippen molar-refractivity contribution in [1.82, 2.24) is 0 Å². The summed E-state index contributed by atoms with van der Waals surface area (Å²) in [5, 5.41) is 3.33. The van der Waals surface area contributed by atoms with Crippen molar-refractivity contribution in [1.29, 1.82) is 0 Å². The molecule has 0 heterocycles. The molecule has 0 spiro atoms. The van der Waals surface area contributed by atoms with E-state index in [1.165, 1.54) is 0 Å². The smallest absolute Gasteiger partial charge is 0.255 e. The van der Waals surface area contributed by atoms with Gasteiger partial charge >= 0.3 is 0 Å². The minimum Gasteiger partial charge on any atom is -0.491 e. The molecule has 0 atom stereocenters. The normalized spacial score (nSPS) is 10.2. The summed E-state index contributed by atoms with van der Waals surface area (Å²) in [6, 6.07) is 14.0. The van der Waals surface area contributed by atoms with Gasteiger partial charge in [0, 0.05) is 23.4 Å². The first-order valence-corrected chi connectivity index (χ1v) is 6.85. The van der Waals surface area contributed by atoms with Crippen molar-refractivity contribution in [2.45, 2.75) is 0 Å². The van der Waals surface area contributed by atoms with Gasteiger partial charge in [-0.3, -0.25) is 4.79 Å². The summed E-state index contributed by atoms with van der Waals surface area (Å²) in [6.07, 6.45) is 0. The number of methoxy groups -OCH3 is 1. The lowest BCUT2D eigenvalue weighted by molar-refractivity contribution is 0.102. The number of benzene rings is 2. The average Bonchev–Trinajstić information content (AvgIpc) is 2.49. The fourth-order valence-corrected chi connectivity index (χ4v) is 1.90. The second-order valence-electron chi connectivity index (χ2n) is 4.33. The highest BCUT2D eigenvalue weighted by Gasteiger charge is 2.06. The minimum absolute atomic E-state index is 0.203. The fourth-order valence-electron chi connectivity index (χ4n) is 1.71. The average molecular weight is 306 g/mol. The van der Waals surface area contributed by atoms with Crippen molar-refractivity contribution < 1.29 is 14.3 Å². The Kier molecular flexibility index (Phi) is 5.60. The van der Waals surface area contributed by atoms with Crippen LogP contribution in [-0.2, 0) is 4.74 Å². The number of hydrogen-bond donors (Lipinski definition) is 1. The number of anilines is 1. The summed E-state index contributed by atoms with van der Waals surface area (Å²) in [7, 11) is 1.62. The number of hydrogen-bond acceptors (Lipinski definition) is 3. The number of carbonyl (C=O) groups is 1. The molecule has 4 nitrogen and oxygen atoms in total. The number of nitrogens with one attached hydrogen (secondary N) is 1. The highest BCUT2D eigenvalue weighted by atomic mass is 35.5. The molecular formula is C16H16ClNO3. The maximum absolute atomic E-state index is 12.0. The fraction of sp³-hybridized carbons (Fsp3) is 0.188. The third-order valence-electron chi connectivity index (χ3n) is 2.76. The van der Waals surface area contributed by atoms with Crippen LogP contribution in [0.3, 0.4) is 0 Å². The van der Waals surface area contributed by atoms with Crippen LogP contribution in [0.25, 0.3) is 0 Å². The Labute approximate surface area is 128 Å². The molecule has 0 bridgehead atoms. The van der Waals surface area contributed by atoms with Crippen LogP contribution in [0.15, 0.2) is 48.5 Å². The molecule has 110 valence electrons. The molecule has 2 aromatic rings. The highest BCUT2D eigenvalue weighted by molar-refractivity contribution is 6.31. The van der Waals surface area contributed by atoms with E-state index < -0.39 is 0 Å². The van der Waals surface area contributed by atoms with Crippen LogP contribution in [0.2, 0.25) is 5.02 Å². The van der Waals surface area contributed by atoms with Gasteiger partial charge in [0.25, 0.3) is 5.91 Å². The van der Waals surface area contributed by atoms with Crippen LogP contribution < -0.4 is 10.1 Å². The first kappa shape index (κ1) is 15.4. The van der Waals surface area contributed by atoms with Crippen LogP contribution in [0.1, 0.15) is 10.4 Å². The van der Waals surface area contributed by atoms with Gasteiger partial charge in [0.1, 0.15) is 12.4 Å². The first-order chi connectivity index (χ1) is 10.2. The predicted octanol–water partition coefficient (Wildman–Crippen LogP) is 3.62. The van der Waals surface area contributed by atoms with Crippen molar-refractivity contribution in [2.75, 3.05) is 25.6 Å². The molecule has 0 saturated heterocycles. The van der Waals surface area contributed by atoms with E-state index in [0.29, 0.717) is 29.5 Å². The molecule has 0 radical (unpaired) electrons. The van der Waals surface area contributed by atoms with E-state index in [1.54, 1.807) is 55.6 Å². The van der Waals surface area contributed by atoms with Crippen LogP contribution in [0.4, 0.5) is 5.69 Å². The Bertz CT molecular complexity index is 599. The van der Waals surface area contributed by atoms with Crippen LogP contribution >= 0.6 is 11.6 Å².